The molecule has 3 aromatic heterocycles. The lowest BCUT2D eigenvalue weighted by Gasteiger charge is -1.95. The van der Waals surface area contributed by atoms with Crippen molar-refractivity contribution in [3.63, 3.8) is 0 Å². The van der Waals surface area contributed by atoms with Gasteiger partial charge in [-0.2, -0.15) is 4.98 Å². The smallest absolute Gasteiger partial charge is 0.259 e. The Hall–Kier alpha value is -3.02. The summed E-state index contributed by atoms with van der Waals surface area (Å²) >= 11 is 0. The van der Waals surface area contributed by atoms with Gasteiger partial charge in [-0.1, -0.05) is 35.5 Å². The lowest BCUT2D eigenvalue weighted by atomic mass is 10.1. The van der Waals surface area contributed by atoms with Gasteiger partial charge < -0.3 is 4.52 Å². The molecule has 0 saturated carbocycles. The number of aromatic nitrogens is 5. The Bertz CT molecular complexity index is 881. The molecule has 0 amide bonds. The summed E-state index contributed by atoms with van der Waals surface area (Å²) in [7, 11) is 0. The fourth-order valence-corrected chi connectivity index (χ4v) is 2.18. The maximum Gasteiger partial charge on any atom is 0.259 e. The van der Waals surface area contributed by atoms with E-state index in [2.05, 4.69) is 20.3 Å². The van der Waals surface area contributed by atoms with Crippen LogP contribution in [0.15, 0.2) is 59.5 Å². The Kier molecular flexibility index (Phi) is 2.71. The highest BCUT2D eigenvalue weighted by Gasteiger charge is 2.10. The minimum absolute atomic E-state index is 0.497. The Morgan fingerprint density at radius 2 is 1.95 bits per heavy atom. The standard InChI is InChI=1S/C15H11N5O/c1-2-4-11(5-3-1)8-13-17-15(21-19-13)12-6-7-14-18-16-10-20(14)9-12/h1-7,9-10H,8H2. The van der Waals surface area contributed by atoms with Crippen molar-refractivity contribution in [3.05, 3.63) is 66.4 Å². The molecule has 0 aliphatic rings. The highest BCUT2D eigenvalue weighted by Crippen LogP contribution is 2.18. The van der Waals surface area contributed by atoms with Gasteiger partial charge in [-0.15, -0.1) is 10.2 Å². The van der Waals surface area contributed by atoms with Gasteiger partial charge in [-0.25, -0.2) is 0 Å². The van der Waals surface area contributed by atoms with E-state index in [1.54, 1.807) is 6.33 Å². The van der Waals surface area contributed by atoms with Crippen molar-refractivity contribution in [2.45, 2.75) is 6.42 Å². The Balaban J connectivity index is 1.64. The molecule has 0 unspecified atom stereocenters. The quantitative estimate of drug-likeness (QED) is 0.575. The van der Waals surface area contributed by atoms with E-state index in [9.17, 15) is 0 Å². The van der Waals surface area contributed by atoms with Crippen molar-refractivity contribution in [1.29, 1.82) is 0 Å². The molecule has 3 heterocycles. The molecule has 0 N–H and O–H groups in total. The molecule has 4 aromatic rings. The highest BCUT2D eigenvalue weighted by atomic mass is 16.5. The molecule has 0 atom stereocenters. The molecular formula is C15H11N5O. The van der Waals surface area contributed by atoms with E-state index in [1.165, 1.54) is 0 Å². The lowest BCUT2D eigenvalue weighted by Crippen LogP contribution is -1.90. The van der Waals surface area contributed by atoms with Crippen LogP contribution in [0.25, 0.3) is 17.1 Å². The van der Waals surface area contributed by atoms with E-state index < -0.39 is 0 Å². The predicted molar refractivity (Wildman–Crippen MR) is 75.5 cm³/mol. The van der Waals surface area contributed by atoms with Crippen molar-refractivity contribution in [2.24, 2.45) is 0 Å². The summed E-state index contributed by atoms with van der Waals surface area (Å²) in [5.41, 5.74) is 2.77. The molecule has 0 radical (unpaired) electrons. The van der Waals surface area contributed by atoms with Gasteiger partial charge in [0.1, 0.15) is 6.33 Å². The molecule has 21 heavy (non-hydrogen) atoms. The topological polar surface area (TPSA) is 69.1 Å². The van der Waals surface area contributed by atoms with E-state index in [4.69, 9.17) is 4.52 Å². The zero-order valence-corrected chi connectivity index (χ0v) is 11.0. The molecule has 6 heteroatoms. The number of benzene rings is 1. The van der Waals surface area contributed by atoms with Crippen LogP contribution < -0.4 is 0 Å². The maximum absolute atomic E-state index is 5.33. The normalized spacial score (nSPS) is 11.0. The van der Waals surface area contributed by atoms with Crippen LogP contribution in [0.1, 0.15) is 11.4 Å². The van der Waals surface area contributed by atoms with E-state index in [1.807, 2.05) is 53.1 Å². The zero-order chi connectivity index (χ0) is 14.1. The molecule has 0 fully saturated rings. The SMILES string of the molecule is c1ccc(Cc2noc(-c3ccc4nncn4c3)n2)cc1. The monoisotopic (exact) mass is 277 g/mol. The van der Waals surface area contributed by atoms with Gasteiger partial charge in [0.25, 0.3) is 5.89 Å². The number of hydrogen-bond acceptors (Lipinski definition) is 5. The molecule has 0 bridgehead atoms. The average Bonchev–Trinajstić information content (AvgIpc) is 3.16. The van der Waals surface area contributed by atoms with Gasteiger partial charge in [0.2, 0.25) is 0 Å². The van der Waals surface area contributed by atoms with Gasteiger partial charge in [0, 0.05) is 12.6 Å². The number of fused-ring (bicyclic) bond motifs is 1. The molecule has 4 rings (SSSR count). The van der Waals surface area contributed by atoms with Crippen molar-refractivity contribution in [3.8, 4) is 11.5 Å². The van der Waals surface area contributed by atoms with Crippen molar-refractivity contribution >= 4 is 5.65 Å². The number of rotatable bonds is 3. The second kappa shape index (κ2) is 4.82. The van der Waals surface area contributed by atoms with Gasteiger partial charge in [0.05, 0.1) is 5.56 Å². The van der Waals surface area contributed by atoms with Crippen molar-refractivity contribution < 1.29 is 4.52 Å². The summed E-state index contributed by atoms with van der Waals surface area (Å²) in [5, 5.41) is 11.8. The molecule has 0 aliphatic heterocycles. The fourth-order valence-electron chi connectivity index (χ4n) is 2.18. The van der Waals surface area contributed by atoms with Crippen LogP contribution >= 0.6 is 0 Å². The first-order valence-corrected chi connectivity index (χ1v) is 6.55. The first-order chi connectivity index (χ1) is 10.4. The molecule has 102 valence electrons. The zero-order valence-electron chi connectivity index (χ0n) is 11.0. The number of hydrogen-bond donors (Lipinski definition) is 0. The van der Waals surface area contributed by atoms with E-state index in [0.29, 0.717) is 18.1 Å². The molecule has 0 saturated heterocycles. The third-order valence-corrected chi connectivity index (χ3v) is 3.21. The Labute approximate surface area is 120 Å². The van der Waals surface area contributed by atoms with Crippen LogP contribution in [0.2, 0.25) is 0 Å². The summed E-state index contributed by atoms with van der Waals surface area (Å²) in [6.45, 7) is 0. The second-order valence-electron chi connectivity index (χ2n) is 4.69. The molecule has 0 spiro atoms. The van der Waals surface area contributed by atoms with E-state index in [0.717, 1.165) is 16.8 Å². The van der Waals surface area contributed by atoms with Gasteiger partial charge in [-0.05, 0) is 17.7 Å². The third kappa shape index (κ3) is 2.27. The fraction of sp³-hybridized carbons (Fsp3) is 0.0667. The number of nitrogens with zero attached hydrogens (tertiary/aromatic N) is 5. The first-order valence-electron chi connectivity index (χ1n) is 6.55. The number of pyridine rings is 1. The molecule has 0 aliphatic carbocycles. The molecule has 6 nitrogen and oxygen atoms in total. The third-order valence-electron chi connectivity index (χ3n) is 3.21. The highest BCUT2D eigenvalue weighted by molar-refractivity contribution is 5.55. The van der Waals surface area contributed by atoms with Crippen molar-refractivity contribution in [1.82, 2.24) is 24.7 Å². The van der Waals surface area contributed by atoms with E-state index >= 15 is 0 Å². The minimum atomic E-state index is 0.497. The van der Waals surface area contributed by atoms with Gasteiger partial charge in [-0.3, -0.25) is 4.40 Å². The summed E-state index contributed by atoms with van der Waals surface area (Å²) in [6, 6.07) is 13.8. The van der Waals surface area contributed by atoms with Crippen LogP contribution in [-0.2, 0) is 6.42 Å². The lowest BCUT2D eigenvalue weighted by molar-refractivity contribution is 0.423. The summed E-state index contributed by atoms with van der Waals surface area (Å²) in [4.78, 5) is 4.44. The van der Waals surface area contributed by atoms with Gasteiger partial charge >= 0.3 is 0 Å². The Morgan fingerprint density at radius 1 is 1.05 bits per heavy atom. The first kappa shape index (κ1) is 11.8. The van der Waals surface area contributed by atoms with Crippen LogP contribution in [0.5, 0.6) is 0 Å². The molecule has 1 aromatic carbocycles. The largest absolute Gasteiger partial charge is 0.334 e. The summed E-state index contributed by atoms with van der Waals surface area (Å²) < 4.78 is 7.15. The minimum Gasteiger partial charge on any atom is -0.334 e. The van der Waals surface area contributed by atoms with Crippen LogP contribution in [-0.4, -0.2) is 24.7 Å². The van der Waals surface area contributed by atoms with Crippen LogP contribution in [0.3, 0.4) is 0 Å². The van der Waals surface area contributed by atoms with E-state index in [-0.39, 0.29) is 0 Å². The summed E-state index contributed by atoms with van der Waals surface area (Å²) in [6.07, 6.45) is 4.16. The summed E-state index contributed by atoms with van der Waals surface area (Å²) in [5.74, 6) is 1.16. The Morgan fingerprint density at radius 3 is 2.86 bits per heavy atom. The molecular weight excluding hydrogens is 266 g/mol. The van der Waals surface area contributed by atoms with Crippen LogP contribution in [0, 0.1) is 0 Å². The second-order valence-corrected chi connectivity index (χ2v) is 4.69. The van der Waals surface area contributed by atoms with Gasteiger partial charge in [0.15, 0.2) is 11.5 Å². The average molecular weight is 277 g/mol. The maximum atomic E-state index is 5.33. The van der Waals surface area contributed by atoms with Crippen molar-refractivity contribution in [2.75, 3.05) is 0 Å². The predicted octanol–water partition coefficient (Wildman–Crippen LogP) is 2.37. The van der Waals surface area contributed by atoms with Crippen LogP contribution in [0.4, 0.5) is 0 Å².